The number of esters is 2. The molecule has 2 bridgehead atoms. The number of hydrogen-bond donors (Lipinski definition) is 1. The molecule has 5 nitrogen and oxygen atoms in total. The van der Waals surface area contributed by atoms with Crippen LogP contribution in [0.15, 0.2) is 0 Å². The molecule has 112 valence electrons. The van der Waals surface area contributed by atoms with Gasteiger partial charge in [0, 0.05) is 19.9 Å². The molecule has 0 amide bonds. The summed E-state index contributed by atoms with van der Waals surface area (Å²) in [5.41, 5.74) is 6.47. The molecular formula is C15H23NO4. The van der Waals surface area contributed by atoms with E-state index in [0.717, 1.165) is 12.8 Å². The molecule has 0 aromatic heterocycles. The lowest BCUT2D eigenvalue weighted by molar-refractivity contribution is -0.162. The van der Waals surface area contributed by atoms with Crippen LogP contribution in [0, 0.1) is 17.3 Å². The first-order valence-corrected chi connectivity index (χ1v) is 7.52. The molecule has 1 spiro atoms. The van der Waals surface area contributed by atoms with Gasteiger partial charge in [-0.2, -0.15) is 0 Å². The molecule has 0 aromatic carbocycles. The Kier molecular flexibility index (Phi) is 3.27. The normalized spacial score (nSPS) is 41.0. The predicted octanol–water partition coefficient (Wildman–Crippen LogP) is 1.39. The molecule has 0 aliphatic heterocycles. The van der Waals surface area contributed by atoms with E-state index in [-0.39, 0.29) is 35.6 Å². The van der Waals surface area contributed by atoms with Gasteiger partial charge in [-0.3, -0.25) is 9.59 Å². The molecule has 3 aliphatic rings. The summed E-state index contributed by atoms with van der Waals surface area (Å²) in [7, 11) is 0. The fraction of sp³-hybridized carbons (Fsp3) is 0.867. The first-order valence-electron chi connectivity index (χ1n) is 7.52. The van der Waals surface area contributed by atoms with Gasteiger partial charge in [-0.05, 0) is 49.4 Å². The molecular weight excluding hydrogens is 258 g/mol. The van der Waals surface area contributed by atoms with E-state index in [1.54, 1.807) is 0 Å². The van der Waals surface area contributed by atoms with Gasteiger partial charge in [0.1, 0.15) is 12.2 Å². The Bertz CT molecular complexity index is 408. The maximum atomic E-state index is 11.3. The molecule has 0 saturated heterocycles. The van der Waals surface area contributed by atoms with Crippen LogP contribution in [0.3, 0.4) is 0 Å². The third kappa shape index (κ3) is 2.03. The third-order valence-corrected chi connectivity index (χ3v) is 5.67. The van der Waals surface area contributed by atoms with Gasteiger partial charge in [0.2, 0.25) is 0 Å². The van der Waals surface area contributed by atoms with Crippen LogP contribution in [0.2, 0.25) is 0 Å². The van der Waals surface area contributed by atoms with Crippen LogP contribution in [0.4, 0.5) is 0 Å². The molecule has 2 N–H and O–H groups in total. The van der Waals surface area contributed by atoms with Crippen molar-refractivity contribution < 1.29 is 19.1 Å². The van der Waals surface area contributed by atoms with Crippen molar-refractivity contribution in [1.82, 2.24) is 0 Å². The van der Waals surface area contributed by atoms with Gasteiger partial charge in [0.25, 0.3) is 0 Å². The van der Waals surface area contributed by atoms with Crippen molar-refractivity contribution in [3.63, 3.8) is 0 Å². The van der Waals surface area contributed by atoms with Crippen LogP contribution < -0.4 is 5.73 Å². The number of carbonyl (C=O) groups is 2. The highest BCUT2D eigenvalue weighted by molar-refractivity contribution is 5.67. The zero-order chi connectivity index (χ0) is 14.5. The van der Waals surface area contributed by atoms with Crippen LogP contribution >= 0.6 is 0 Å². The summed E-state index contributed by atoms with van der Waals surface area (Å²) in [6.45, 7) is 2.80. The summed E-state index contributed by atoms with van der Waals surface area (Å²) in [6.07, 6.45) is 4.42. The molecule has 20 heavy (non-hydrogen) atoms. The highest BCUT2D eigenvalue weighted by Crippen LogP contribution is 2.62. The number of carbonyl (C=O) groups excluding carboxylic acids is 2. The Hall–Kier alpha value is -1.10. The van der Waals surface area contributed by atoms with Gasteiger partial charge in [-0.25, -0.2) is 0 Å². The predicted molar refractivity (Wildman–Crippen MR) is 71.6 cm³/mol. The van der Waals surface area contributed by atoms with Crippen molar-refractivity contribution in [3.8, 4) is 0 Å². The van der Waals surface area contributed by atoms with E-state index in [4.69, 9.17) is 15.2 Å². The summed E-state index contributed by atoms with van der Waals surface area (Å²) >= 11 is 0. The van der Waals surface area contributed by atoms with E-state index in [0.29, 0.717) is 11.8 Å². The van der Waals surface area contributed by atoms with E-state index >= 15 is 0 Å². The smallest absolute Gasteiger partial charge is 0.303 e. The van der Waals surface area contributed by atoms with Gasteiger partial charge in [-0.15, -0.1) is 0 Å². The van der Waals surface area contributed by atoms with Crippen molar-refractivity contribution >= 4 is 11.9 Å². The van der Waals surface area contributed by atoms with Crippen molar-refractivity contribution in [3.05, 3.63) is 0 Å². The molecule has 3 rings (SSSR count). The van der Waals surface area contributed by atoms with Crippen LogP contribution in [0.1, 0.15) is 46.0 Å². The lowest BCUT2D eigenvalue weighted by atomic mass is 9.69. The largest absolute Gasteiger partial charge is 0.459 e. The molecule has 3 aliphatic carbocycles. The summed E-state index contributed by atoms with van der Waals surface area (Å²) in [5.74, 6) is 0.553. The molecule has 3 fully saturated rings. The molecule has 5 atom stereocenters. The van der Waals surface area contributed by atoms with E-state index in [1.165, 1.54) is 33.1 Å². The van der Waals surface area contributed by atoms with Crippen LogP contribution in [-0.4, -0.2) is 30.2 Å². The maximum Gasteiger partial charge on any atom is 0.303 e. The lowest BCUT2D eigenvalue weighted by Gasteiger charge is -2.39. The minimum absolute atomic E-state index is 0.00313. The Morgan fingerprint density at radius 2 is 1.60 bits per heavy atom. The minimum atomic E-state index is -0.332. The topological polar surface area (TPSA) is 78.6 Å². The third-order valence-electron chi connectivity index (χ3n) is 5.67. The summed E-state index contributed by atoms with van der Waals surface area (Å²) in [6, 6.07) is 0.153. The van der Waals surface area contributed by atoms with Gasteiger partial charge < -0.3 is 15.2 Å². The Morgan fingerprint density at radius 1 is 1.05 bits per heavy atom. The van der Waals surface area contributed by atoms with E-state index in [9.17, 15) is 9.59 Å². The van der Waals surface area contributed by atoms with Crippen molar-refractivity contribution in [2.45, 2.75) is 64.2 Å². The van der Waals surface area contributed by atoms with Crippen LogP contribution in [0.5, 0.6) is 0 Å². The van der Waals surface area contributed by atoms with Gasteiger partial charge in [0.05, 0.1) is 0 Å². The number of fused-ring (bicyclic) bond motifs is 3. The number of hydrogen-bond acceptors (Lipinski definition) is 5. The molecule has 0 radical (unpaired) electrons. The second-order valence-corrected chi connectivity index (χ2v) is 6.73. The van der Waals surface area contributed by atoms with Crippen molar-refractivity contribution in [2.75, 3.05) is 0 Å². The van der Waals surface area contributed by atoms with Crippen LogP contribution in [-0.2, 0) is 19.1 Å². The highest BCUT2D eigenvalue weighted by Gasteiger charge is 2.62. The summed E-state index contributed by atoms with van der Waals surface area (Å²) in [5, 5.41) is 0. The highest BCUT2D eigenvalue weighted by atomic mass is 16.6. The minimum Gasteiger partial charge on any atom is -0.459 e. The SMILES string of the molecule is CC(=O)O[C@H]1CC2(C[C@@H]1OC(C)=O)C1CC[C@H](C1)[C@H]2N. The average Bonchev–Trinajstić information content (AvgIpc) is 2.98. The van der Waals surface area contributed by atoms with Gasteiger partial charge >= 0.3 is 11.9 Å². The number of rotatable bonds is 2. The van der Waals surface area contributed by atoms with E-state index in [1.807, 2.05) is 0 Å². The van der Waals surface area contributed by atoms with Crippen LogP contribution in [0.25, 0.3) is 0 Å². The Morgan fingerprint density at radius 3 is 2.00 bits per heavy atom. The molecule has 5 heteroatoms. The van der Waals surface area contributed by atoms with E-state index in [2.05, 4.69) is 0 Å². The quantitative estimate of drug-likeness (QED) is 0.774. The van der Waals surface area contributed by atoms with Crippen molar-refractivity contribution in [2.24, 2.45) is 23.0 Å². The first-order chi connectivity index (χ1) is 9.42. The zero-order valence-corrected chi connectivity index (χ0v) is 12.1. The zero-order valence-electron chi connectivity index (χ0n) is 12.1. The Labute approximate surface area is 119 Å². The van der Waals surface area contributed by atoms with Gasteiger partial charge in [-0.1, -0.05) is 0 Å². The second kappa shape index (κ2) is 4.72. The fourth-order valence-electron chi connectivity index (χ4n) is 4.97. The first kappa shape index (κ1) is 13.9. The van der Waals surface area contributed by atoms with Crippen molar-refractivity contribution in [1.29, 1.82) is 0 Å². The fourth-order valence-corrected chi connectivity index (χ4v) is 4.97. The van der Waals surface area contributed by atoms with Gasteiger partial charge in [0.15, 0.2) is 0 Å². The number of ether oxygens (including phenoxy) is 2. The average molecular weight is 281 g/mol. The molecule has 0 aromatic rings. The number of nitrogens with two attached hydrogens (primary N) is 1. The molecule has 3 saturated carbocycles. The van der Waals surface area contributed by atoms with E-state index < -0.39 is 0 Å². The monoisotopic (exact) mass is 281 g/mol. The molecule has 1 unspecified atom stereocenters. The standard InChI is InChI=1S/C15H23NO4/c1-8(17)19-12-6-15(7-13(12)20-9(2)18)11-4-3-10(5-11)14(15)16/h10-14H,3-7,16H2,1-2H3/t10-,11?,12+,13+,14-/m1/s1. The summed E-state index contributed by atoms with van der Waals surface area (Å²) < 4.78 is 10.8. The molecule has 0 heterocycles. The second-order valence-electron chi connectivity index (χ2n) is 6.73. The summed E-state index contributed by atoms with van der Waals surface area (Å²) in [4.78, 5) is 22.6. The maximum absolute atomic E-state index is 11.3. The Balaban J connectivity index is 1.81. The lowest BCUT2D eigenvalue weighted by Crippen LogP contribution is -2.45.